The standard InChI is InChI=1S/C21H25FN4O2S/c1-4-5-9-16(29(28)19-11-8-6-7-10-17(19)22)13-12-15(2)26-14-18(24-3)20(25-26)21(23)27/h5-9,11-14,24H,4,10H2,1-3H3,(H2,23,27)/b9-5-,15-12+,16-13+. The summed E-state index contributed by atoms with van der Waals surface area (Å²) < 4.78 is 28.8. The number of amides is 1. The summed E-state index contributed by atoms with van der Waals surface area (Å²) in [5.41, 5.74) is 6.64. The number of primary amides is 1. The second-order valence-corrected chi connectivity index (χ2v) is 7.62. The van der Waals surface area contributed by atoms with Gasteiger partial charge in [-0.25, -0.2) is 13.3 Å². The molecule has 1 amide bonds. The van der Waals surface area contributed by atoms with E-state index in [1.807, 2.05) is 13.0 Å². The third-order valence-electron chi connectivity index (χ3n) is 4.06. The Kier molecular flexibility index (Phi) is 8.09. The number of carbonyl (C=O) groups excluding carboxylic acids is 1. The third kappa shape index (κ3) is 5.74. The molecule has 0 fully saturated rings. The smallest absolute Gasteiger partial charge is 0.271 e. The summed E-state index contributed by atoms with van der Waals surface area (Å²) in [4.78, 5) is 12.1. The van der Waals surface area contributed by atoms with Gasteiger partial charge in [0.15, 0.2) is 5.69 Å². The van der Waals surface area contributed by atoms with Crippen molar-refractivity contribution in [1.82, 2.24) is 9.78 Å². The van der Waals surface area contributed by atoms with E-state index < -0.39 is 22.5 Å². The molecule has 8 heteroatoms. The van der Waals surface area contributed by atoms with Gasteiger partial charge in [-0.15, -0.1) is 0 Å². The number of anilines is 1. The van der Waals surface area contributed by atoms with Gasteiger partial charge in [0, 0.05) is 24.1 Å². The molecule has 6 nitrogen and oxygen atoms in total. The van der Waals surface area contributed by atoms with Gasteiger partial charge in [-0.05, 0) is 37.6 Å². The van der Waals surface area contributed by atoms with Crippen LogP contribution in [0.15, 0.2) is 70.4 Å². The van der Waals surface area contributed by atoms with Gasteiger partial charge in [-0.1, -0.05) is 31.2 Å². The second kappa shape index (κ2) is 10.5. The Hall–Kier alpha value is -3.00. The molecule has 3 N–H and O–H groups in total. The topological polar surface area (TPSA) is 90.0 Å². The Morgan fingerprint density at radius 3 is 2.79 bits per heavy atom. The van der Waals surface area contributed by atoms with Gasteiger partial charge in [-0.3, -0.25) is 4.79 Å². The molecule has 0 saturated carbocycles. The summed E-state index contributed by atoms with van der Waals surface area (Å²) >= 11 is 0. The fourth-order valence-electron chi connectivity index (χ4n) is 2.49. The molecular weight excluding hydrogens is 391 g/mol. The van der Waals surface area contributed by atoms with Crippen molar-refractivity contribution in [2.24, 2.45) is 5.73 Å². The number of carbonyl (C=O) groups is 1. The molecule has 1 aromatic rings. The van der Waals surface area contributed by atoms with Gasteiger partial charge in [0.1, 0.15) is 5.83 Å². The zero-order valence-electron chi connectivity index (χ0n) is 16.7. The zero-order valence-corrected chi connectivity index (χ0v) is 17.5. The van der Waals surface area contributed by atoms with Crippen LogP contribution in [-0.2, 0) is 10.8 Å². The minimum atomic E-state index is -1.68. The molecular formula is C21H25FN4O2S. The summed E-state index contributed by atoms with van der Waals surface area (Å²) in [6.07, 6.45) is 16.1. The van der Waals surface area contributed by atoms with Gasteiger partial charge in [0.25, 0.3) is 5.91 Å². The molecule has 0 bridgehead atoms. The lowest BCUT2D eigenvalue weighted by molar-refractivity contribution is 0.0996. The highest BCUT2D eigenvalue weighted by molar-refractivity contribution is 7.93. The molecule has 1 aliphatic carbocycles. The quantitative estimate of drug-likeness (QED) is 0.622. The van der Waals surface area contributed by atoms with Crippen LogP contribution in [0.1, 0.15) is 37.2 Å². The third-order valence-corrected chi connectivity index (χ3v) is 5.52. The van der Waals surface area contributed by atoms with Crippen LogP contribution < -0.4 is 11.1 Å². The Morgan fingerprint density at radius 2 is 2.17 bits per heavy atom. The van der Waals surface area contributed by atoms with Crippen LogP contribution >= 0.6 is 0 Å². The highest BCUT2D eigenvalue weighted by Crippen LogP contribution is 2.24. The highest BCUT2D eigenvalue weighted by atomic mass is 32.2. The van der Waals surface area contributed by atoms with E-state index in [1.54, 1.807) is 56.6 Å². The lowest BCUT2D eigenvalue weighted by Gasteiger charge is -2.06. The number of rotatable bonds is 8. The first-order chi connectivity index (χ1) is 13.9. The predicted molar refractivity (Wildman–Crippen MR) is 117 cm³/mol. The van der Waals surface area contributed by atoms with Gasteiger partial charge in [0.05, 0.1) is 27.6 Å². The van der Waals surface area contributed by atoms with Crippen LogP contribution in [0.3, 0.4) is 0 Å². The lowest BCUT2D eigenvalue weighted by Crippen LogP contribution is -2.14. The Balaban J connectivity index is 2.41. The number of hydrogen-bond acceptors (Lipinski definition) is 4. The normalized spacial score (nSPS) is 16.4. The second-order valence-electron chi connectivity index (χ2n) is 6.17. The van der Waals surface area contributed by atoms with Crippen LogP contribution in [0.4, 0.5) is 10.1 Å². The number of allylic oxidation sites excluding steroid dienone is 10. The first kappa shape index (κ1) is 22.3. The van der Waals surface area contributed by atoms with Crippen molar-refractivity contribution in [2.45, 2.75) is 26.7 Å². The van der Waals surface area contributed by atoms with Crippen LogP contribution in [0.2, 0.25) is 0 Å². The molecule has 1 atom stereocenters. The van der Waals surface area contributed by atoms with Crippen molar-refractivity contribution >= 4 is 28.1 Å². The van der Waals surface area contributed by atoms with Gasteiger partial charge in [0.2, 0.25) is 0 Å². The molecule has 1 aliphatic rings. The van der Waals surface area contributed by atoms with Gasteiger partial charge in [-0.2, -0.15) is 5.10 Å². The number of nitrogens with zero attached hydrogens (tertiary/aromatic N) is 2. The molecule has 154 valence electrons. The van der Waals surface area contributed by atoms with Crippen molar-refractivity contribution in [3.05, 3.63) is 76.1 Å². The number of aromatic nitrogens is 2. The molecule has 0 aromatic carbocycles. The Morgan fingerprint density at radius 1 is 1.41 bits per heavy atom. The van der Waals surface area contributed by atoms with E-state index in [1.165, 1.54) is 10.8 Å². The average Bonchev–Trinajstić information content (AvgIpc) is 3.03. The number of hydrogen-bond donors (Lipinski definition) is 2. The van der Waals surface area contributed by atoms with Crippen molar-refractivity contribution in [3.8, 4) is 0 Å². The monoisotopic (exact) mass is 416 g/mol. The van der Waals surface area contributed by atoms with E-state index in [-0.39, 0.29) is 17.0 Å². The van der Waals surface area contributed by atoms with Crippen LogP contribution in [-0.4, -0.2) is 26.9 Å². The summed E-state index contributed by atoms with van der Waals surface area (Å²) in [6, 6.07) is 0. The van der Waals surface area contributed by atoms with Crippen molar-refractivity contribution in [3.63, 3.8) is 0 Å². The van der Waals surface area contributed by atoms with Crippen molar-refractivity contribution in [1.29, 1.82) is 0 Å². The van der Waals surface area contributed by atoms with E-state index in [0.717, 1.165) is 6.42 Å². The number of nitrogens with two attached hydrogens (primary N) is 1. The maximum Gasteiger partial charge on any atom is 0.271 e. The van der Waals surface area contributed by atoms with E-state index in [2.05, 4.69) is 10.4 Å². The molecule has 0 saturated heterocycles. The highest BCUT2D eigenvalue weighted by Gasteiger charge is 2.16. The summed E-state index contributed by atoms with van der Waals surface area (Å²) in [7, 11) is -0.00887. The molecule has 1 unspecified atom stereocenters. The summed E-state index contributed by atoms with van der Waals surface area (Å²) in [5, 5.41) is 7.05. The molecule has 2 rings (SSSR count). The molecule has 0 spiro atoms. The maximum absolute atomic E-state index is 14.3. The van der Waals surface area contributed by atoms with E-state index in [0.29, 0.717) is 16.3 Å². The van der Waals surface area contributed by atoms with Crippen LogP contribution in [0.5, 0.6) is 0 Å². The lowest BCUT2D eigenvalue weighted by atomic mass is 10.3. The molecule has 0 aliphatic heterocycles. The maximum atomic E-state index is 14.3. The van der Waals surface area contributed by atoms with Crippen LogP contribution in [0.25, 0.3) is 5.70 Å². The number of halogens is 1. The molecule has 0 radical (unpaired) electrons. The van der Waals surface area contributed by atoms with Crippen LogP contribution in [0, 0.1) is 0 Å². The zero-order chi connectivity index (χ0) is 21.4. The summed E-state index contributed by atoms with van der Waals surface area (Å²) in [5.74, 6) is -1.05. The van der Waals surface area contributed by atoms with Crippen molar-refractivity contribution < 1.29 is 13.4 Å². The Bertz CT molecular complexity index is 981. The van der Waals surface area contributed by atoms with Gasteiger partial charge < -0.3 is 11.1 Å². The number of nitrogens with one attached hydrogen (secondary N) is 1. The molecule has 29 heavy (non-hydrogen) atoms. The first-order valence-corrected chi connectivity index (χ1v) is 10.3. The first-order valence-electron chi connectivity index (χ1n) is 9.15. The SMILES string of the molecule is CC\C=C/C(=C\C=C(/C)n1cc(NC)c(C(N)=O)n1)S(=O)C1=C(F)CC=CC=C1. The fraction of sp³-hybridized carbons (Fsp3) is 0.238. The fourth-order valence-corrected chi connectivity index (χ4v) is 3.64. The predicted octanol–water partition coefficient (Wildman–Crippen LogP) is 4.18. The Labute approximate surface area is 172 Å². The van der Waals surface area contributed by atoms with E-state index in [9.17, 15) is 13.4 Å². The largest absolute Gasteiger partial charge is 0.385 e. The van der Waals surface area contributed by atoms with E-state index >= 15 is 0 Å². The summed E-state index contributed by atoms with van der Waals surface area (Å²) in [6.45, 7) is 3.74. The molecule has 1 heterocycles. The van der Waals surface area contributed by atoms with Gasteiger partial charge >= 0.3 is 0 Å². The van der Waals surface area contributed by atoms with E-state index in [4.69, 9.17) is 5.73 Å². The molecule has 1 aromatic heterocycles. The van der Waals surface area contributed by atoms with Crippen molar-refractivity contribution in [2.75, 3.05) is 12.4 Å². The minimum absolute atomic E-state index is 0.115. The average molecular weight is 417 g/mol. The minimum Gasteiger partial charge on any atom is -0.385 e.